The van der Waals surface area contributed by atoms with E-state index in [4.69, 9.17) is 9.47 Å². The molecule has 2 aliphatic heterocycles. The number of carbonyl (C=O) groups is 1. The van der Waals surface area contributed by atoms with Crippen molar-refractivity contribution in [1.29, 1.82) is 0 Å². The molecule has 0 spiro atoms. The Kier molecular flexibility index (Phi) is 4.93. The zero-order valence-corrected chi connectivity index (χ0v) is 15.1. The van der Waals surface area contributed by atoms with Crippen molar-refractivity contribution in [3.05, 3.63) is 47.8 Å². The highest BCUT2D eigenvalue weighted by molar-refractivity contribution is 5.95. The molecule has 1 atom stereocenters. The lowest BCUT2D eigenvalue weighted by Gasteiger charge is -2.24. The Bertz CT molecular complexity index is 753. The smallest absolute Gasteiger partial charge is 0.257 e. The van der Waals surface area contributed by atoms with Crippen LogP contribution in [0.5, 0.6) is 5.75 Å². The third-order valence-corrected chi connectivity index (χ3v) is 5.29. The summed E-state index contributed by atoms with van der Waals surface area (Å²) >= 11 is 0. The summed E-state index contributed by atoms with van der Waals surface area (Å²) in [6, 6.07) is 10.1. The fraction of sp³-hybridized carbons (Fsp3) is 0.500. The lowest BCUT2D eigenvalue weighted by Crippen LogP contribution is -2.31. The van der Waals surface area contributed by atoms with Gasteiger partial charge in [-0.3, -0.25) is 9.48 Å². The average molecular weight is 355 g/mol. The first-order valence-electron chi connectivity index (χ1n) is 9.35. The molecule has 2 saturated heterocycles. The van der Waals surface area contributed by atoms with Crippen LogP contribution in [-0.4, -0.2) is 53.0 Å². The Hall–Kier alpha value is -2.34. The molecule has 6 heteroatoms. The Morgan fingerprint density at radius 3 is 2.73 bits per heavy atom. The van der Waals surface area contributed by atoms with Crippen LogP contribution in [0.4, 0.5) is 0 Å². The molecule has 0 saturated carbocycles. The Labute approximate surface area is 153 Å². The highest BCUT2D eigenvalue weighted by Gasteiger charge is 2.31. The van der Waals surface area contributed by atoms with E-state index in [1.54, 1.807) is 6.20 Å². The second kappa shape index (κ2) is 7.50. The summed E-state index contributed by atoms with van der Waals surface area (Å²) in [6.45, 7) is 4.85. The summed E-state index contributed by atoms with van der Waals surface area (Å²) in [5.74, 6) is 0.912. The summed E-state index contributed by atoms with van der Waals surface area (Å²) < 4.78 is 13.4. The zero-order valence-electron chi connectivity index (χ0n) is 15.1. The Morgan fingerprint density at radius 1 is 1.19 bits per heavy atom. The molecular weight excluding hydrogens is 330 g/mol. The van der Waals surface area contributed by atoms with Gasteiger partial charge in [-0.2, -0.15) is 5.10 Å². The zero-order chi connectivity index (χ0) is 17.9. The number of likely N-dealkylation sites (tertiary alicyclic amines) is 1. The molecule has 0 radical (unpaired) electrons. The van der Waals surface area contributed by atoms with Crippen LogP contribution >= 0.6 is 0 Å². The van der Waals surface area contributed by atoms with E-state index in [9.17, 15) is 4.79 Å². The molecular formula is C20H25N3O3. The average Bonchev–Trinajstić information content (AvgIpc) is 3.30. The van der Waals surface area contributed by atoms with Crippen molar-refractivity contribution >= 4 is 5.91 Å². The maximum absolute atomic E-state index is 13.0. The van der Waals surface area contributed by atoms with Gasteiger partial charge >= 0.3 is 0 Å². The van der Waals surface area contributed by atoms with Crippen LogP contribution in [0.25, 0.3) is 0 Å². The SMILES string of the molecule is Cc1c(C(=O)N2CCC(Oc3ccccc3)C2)cnn1C1CCOCC1. The van der Waals surface area contributed by atoms with Gasteiger partial charge in [0, 0.05) is 31.9 Å². The molecule has 1 aromatic carbocycles. The maximum atomic E-state index is 13.0. The predicted molar refractivity (Wildman–Crippen MR) is 97.4 cm³/mol. The minimum absolute atomic E-state index is 0.0483. The van der Waals surface area contributed by atoms with E-state index < -0.39 is 0 Å². The third kappa shape index (κ3) is 3.46. The Morgan fingerprint density at radius 2 is 1.96 bits per heavy atom. The molecule has 1 unspecified atom stereocenters. The van der Waals surface area contributed by atoms with Crippen molar-refractivity contribution in [1.82, 2.24) is 14.7 Å². The van der Waals surface area contributed by atoms with Crippen molar-refractivity contribution in [2.24, 2.45) is 0 Å². The monoisotopic (exact) mass is 355 g/mol. The molecule has 1 amide bonds. The van der Waals surface area contributed by atoms with Crippen LogP contribution in [0.15, 0.2) is 36.5 Å². The topological polar surface area (TPSA) is 56.6 Å². The number of hydrogen-bond acceptors (Lipinski definition) is 4. The molecule has 0 aliphatic carbocycles. The summed E-state index contributed by atoms with van der Waals surface area (Å²) in [4.78, 5) is 14.8. The number of nitrogens with zero attached hydrogens (tertiary/aromatic N) is 3. The highest BCUT2D eigenvalue weighted by atomic mass is 16.5. The molecule has 26 heavy (non-hydrogen) atoms. The van der Waals surface area contributed by atoms with Crippen LogP contribution in [-0.2, 0) is 4.74 Å². The molecule has 2 fully saturated rings. The lowest BCUT2D eigenvalue weighted by atomic mass is 10.1. The number of aromatic nitrogens is 2. The van der Waals surface area contributed by atoms with Gasteiger partial charge in [0.25, 0.3) is 5.91 Å². The van der Waals surface area contributed by atoms with Gasteiger partial charge in [0.2, 0.25) is 0 Å². The van der Waals surface area contributed by atoms with Crippen LogP contribution in [0.1, 0.15) is 41.4 Å². The van der Waals surface area contributed by atoms with Gasteiger partial charge in [-0.25, -0.2) is 0 Å². The molecule has 1 aromatic heterocycles. The van der Waals surface area contributed by atoms with E-state index in [0.717, 1.165) is 50.5 Å². The third-order valence-electron chi connectivity index (χ3n) is 5.29. The second-order valence-electron chi connectivity index (χ2n) is 7.02. The van der Waals surface area contributed by atoms with Crippen LogP contribution < -0.4 is 4.74 Å². The van der Waals surface area contributed by atoms with E-state index in [-0.39, 0.29) is 12.0 Å². The number of hydrogen-bond donors (Lipinski definition) is 0. The first kappa shape index (κ1) is 17.1. The number of para-hydroxylation sites is 1. The molecule has 2 aromatic rings. The van der Waals surface area contributed by atoms with Crippen molar-refractivity contribution in [2.75, 3.05) is 26.3 Å². The van der Waals surface area contributed by atoms with E-state index >= 15 is 0 Å². The standard InChI is InChI=1S/C20H25N3O3/c1-15-19(13-21-23(15)16-8-11-25-12-9-16)20(24)22-10-7-18(14-22)26-17-5-3-2-4-6-17/h2-6,13,16,18H,7-12,14H2,1H3. The molecule has 2 aliphatic rings. The van der Waals surface area contributed by atoms with Crippen LogP contribution in [0.2, 0.25) is 0 Å². The van der Waals surface area contributed by atoms with Crippen molar-refractivity contribution in [3.63, 3.8) is 0 Å². The molecule has 6 nitrogen and oxygen atoms in total. The molecule has 0 N–H and O–H groups in total. The minimum Gasteiger partial charge on any atom is -0.489 e. The quantitative estimate of drug-likeness (QED) is 0.846. The van der Waals surface area contributed by atoms with Gasteiger partial charge in [0.1, 0.15) is 11.9 Å². The van der Waals surface area contributed by atoms with Crippen molar-refractivity contribution in [3.8, 4) is 5.75 Å². The number of ether oxygens (including phenoxy) is 2. The lowest BCUT2D eigenvalue weighted by molar-refractivity contribution is 0.0655. The summed E-state index contributed by atoms with van der Waals surface area (Å²) in [5, 5.41) is 4.50. The predicted octanol–water partition coefficient (Wildman–Crippen LogP) is 2.84. The first-order chi connectivity index (χ1) is 12.7. The first-order valence-corrected chi connectivity index (χ1v) is 9.35. The van der Waals surface area contributed by atoms with Gasteiger partial charge in [0.15, 0.2) is 0 Å². The summed E-state index contributed by atoms with van der Waals surface area (Å²) in [6.07, 6.45) is 4.53. The van der Waals surface area contributed by atoms with Gasteiger partial charge in [-0.05, 0) is 31.9 Å². The highest BCUT2D eigenvalue weighted by Crippen LogP contribution is 2.25. The fourth-order valence-electron chi connectivity index (χ4n) is 3.80. The van der Waals surface area contributed by atoms with Crippen LogP contribution in [0, 0.1) is 6.92 Å². The van der Waals surface area contributed by atoms with Gasteiger partial charge in [-0.15, -0.1) is 0 Å². The van der Waals surface area contributed by atoms with Crippen molar-refractivity contribution < 1.29 is 14.3 Å². The molecule has 4 rings (SSSR count). The van der Waals surface area contributed by atoms with Crippen molar-refractivity contribution in [2.45, 2.75) is 38.3 Å². The molecule has 138 valence electrons. The summed E-state index contributed by atoms with van der Waals surface area (Å²) in [5.41, 5.74) is 1.66. The maximum Gasteiger partial charge on any atom is 0.257 e. The minimum atomic E-state index is 0.0483. The number of rotatable bonds is 4. The summed E-state index contributed by atoms with van der Waals surface area (Å²) in [7, 11) is 0. The molecule has 0 bridgehead atoms. The van der Waals surface area contributed by atoms with E-state index in [2.05, 4.69) is 5.10 Å². The molecule has 3 heterocycles. The van der Waals surface area contributed by atoms with Gasteiger partial charge in [0.05, 0.1) is 24.3 Å². The number of benzene rings is 1. The largest absolute Gasteiger partial charge is 0.489 e. The van der Waals surface area contributed by atoms with Gasteiger partial charge < -0.3 is 14.4 Å². The van der Waals surface area contributed by atoms with E-state index in [1.807, 2.05) is 46.8 Å². The fourth-order valence-corrected chi connectivity index (χ4v) is 3.80. The van der Waals surface area contributed by atoms with E-state index in [0.29, 0.717) is 18.2 Å². The van der Waals surface area contributed by atoms with E-state index in [1.165, 1.54) is 0 Å². The normalized spacial score (nSPS) is 21.1. The number of carbonyl (C=O) groups excluding carboxylic acids is 1. The Balaban J connectivity index is 1.41. The van der Waals surface area contributed by atoms with Crippen LogP contribution in [0.3, 0.4) is 0 Å². The second-order valence-corrected chi connectivity index (χ2v) is 7.02. The van der Waals surface area contributed by atoms with Gasteiger partial charge in [-0.1, -0.05) is 18.2 Å². The number of amides is 1.